The molecule has 0 spiro atoms. The molecule has 1 aromatic rings. The Labute approximate surface area is 194 Å². The third-order valence-electron chi connectivity index (χ3n) is 5.73. The number of nitrogens with zero attached hydrogens (tertiary/aromatic N) is 2. The fraction of sp³-hybridized carbons (Fsp3) is 0.565. The summed E-state index contributed by atoms with van der Waals surface area (Å²) in [7, 11) is -6.13. The molecule has 1 rings (SSSR count). The lowest BCUT2D eigenvalue weighted by Crippen LogP contribution is -2.46. The van der Waals surface area contributed by atoms with E-state index in [0.717, 1.165) is 0 Å². The molecule has 9 heteroatoms. The maximum Gasteiger partial charge on any atom is 0.289 e. The topological polar surface area (TPSA) is 89.8 Å². The van der Waals surface area contributed by atoms with Gasteiger partial charge >= 0.3 is 0 Å². The Balaban J connectivity index is 3.07. The van der Waals surface area contributed by atoms with Crippen molar-refractivity contribution in [2.75, 3.05) is 13.1 Å². The average Bonchev–Trinajstić information content (AvgIpc) is 2.71. The summed E-state index contributed by atoms with van der Waals surface area (Å²) in [4.78, 5) is 10.3. The van der Waals surface area contributed by atoms with Gasteiger partial charge in [-0.05, 0) is 36.0 Å². The summed E-state index contributed by atoms with van der Waals surface area (Å²) in [5.74, 6) is 5.45. The van der Waals surface area contributed by atoms with Crippen LogP contribution in [-0.4, -0.2) is 39.1 Å². The van der Waals surface area contributed by atoms with Crippen LogP contribution in [0, 0.1) is 22.0 Å². The second kappa shape index (κ2) is 12.2. The van der Waals surface area contributed by atoms with E-state index in [9.17, 15) is 18.5 Å². The molecule has 0 saturated heterocycles. The highest BCUT2D eigenvalue weighted by molar-refractivity contribution is 7.89. The van der Waals surface area contributed by atoms with Crippen molar-refractivity contribution in [3.05, 3.63) is 46.7 Å². The Morgan fingerprint density at radius 3 is 2.19 bits per heavy atom. The maximum atomic E-state index is 13.2. The van der Waals surface area contributed by atoms with E-state index < -0.39 is 29.0 Å². The van der Waals surface area contributed by atoms with Crippen LogP contribution in [0.4, 0.5) is 5.69 Å². The van der Waals surface area contributed by atoms with E-state index in [1.54, 1.807) is 13.2 Å². The van der Waals surface area contributed by atoms with Gasteiger partial charge in [0, 0.05) is 12.6 Å². The SMILES string of the molecule is CC#CCN(CC/C=C/O[Si](C(C)C)(C(C)C)C(C)C)S(=O)(=O)c1ccccc1[N+](=O)[O-]. The van der Waals surface area contributed by atoms with Gasteiger partial charge in [0.15, 0.2) is 4.90 Å². The second-order valence-electron chi connectivity index (χ2n) is 8.59. The number of rotatable bonds is 12. The highest BCUT2D eigenvalue weighted by Crippen LogP contribution is 2.42. The van der Waals surface area contributed by atoms with Gasteiger partial charge < -0.3 is 4.43 Å². The minimum Gasteiger partial charge on any atom is -0.548 e. The second-order valence-corrected chi connectivity index (χ2v) is 15.9. The lowest BCUT2D eigenvalue weighted by atomic mass is 10.3. The molecule has 0 bridgehead atoms. The highest BCUT2D eigenvalue weighted by Gasteiger charge is 2.46. The molecule has 0 aromatic heterocycles. The van der Waals surface area contributed by atoms with Crippen LogP contribution in [0.3, 0.4) is 0 Å². The van der Waals surface area contributed by atoms with Crippen molar-refractivity contribution in [1.29, 1.82) is 0 Å². The zero-order valence-electron chi connectivity index (χ0n) is 20.2. The molecule has 0 radical (unpaired) electrons. The number of benzene rings is 1. The Morgan fingerprint density at radius 2 is 1.69 bits per heavy atom. The number of hydrogen-bond acceptors (Lipinski definition) is 5. The largest absolute Gasteiger partial charge is 0.548 e. The zero-order chi connectivity index (χ0) is 24.5. The first-order valence-corrected chi connectivity index (χ1v) is 14.5. The molecular formula is C23H36N2O5SSi. The van der Waals surface area contributed by atoms with Gasteiger partial charge in [-0.1, -0.05) is 65.7 Å². The van der Waals surface area contributed by atoms with Gasteiger partial charge in [-0.2, -0.15) is 4.31 Å². The van der Waals surface area contributed by atoms with E-state index >= 15 is 0 Å². The van der Waals surface area contributed by atoms with E-state index in [1.165, 1.54) is 28.6 Å². The summed E-state index contributed by atoms with van der Waals surface area (Å²) >= 11 is 0. The van der Waals surface area contributed by atoms with Gasteiger partial charge in [0.1, 0.15) is 0 Å². The van der Waals surface area contributed by atoms with E-state index in [2.05, 4.69) is 53.4 Å². The molecule has 0 saturated carbocycles. The van der Waals surface area contributed by atoms with Crippen LogP contribution in [0.2, 0.25) is 16.6 Å². The lowest BCUT2D eigenvalue weighted by Gasteiger charge is -2.41. The number of sulfonamides is 1. The Bertz CT molecular complexity index is 940. The van der Waals surface area contributed by atoms with Gasteiger partial charge in [-0.3, -0.25) is 10.1 Å². The van der Waals surface area contributed by atoms with Crippen molar-refractivity contribution in [2.24, 2.45) is 0 Å². The monoisotopic (exact) mass is 480 g/mol. The molecule has 0 amide bonds. The van der Waals surface area contributed by atoms with Crippen molar-refractivity contribution in [3.63, 3.8) is 0 Å². The van der Waals surface area contributed by atoms with Gasteiger partial charge in [0.05, 0.1) is 17.7 Å². The lowest BCUT2D eigenvalue weighted by molar-refractivity contribution is -0.387. The highest BCUT2D eigenvalue weighted by atomic mass is 32.2. The molecule has 0 aliphatic heterocycles. The number of para-hydroxylation sites is 1. The van der Waals surface area contributed by atoms with Crippen molar-refractivity contribution in [3.8, 4) is 11.8 Å². The maximum absolute atomic E-state index is 13.2. The van der Waals surface area contributed by atoms with E-state index in [-0.39, 0.29) is 18.0 Å². The molecule has 0 N–H and O–H groups in total. The predicted molar refractivity (Wildman–Crippen MR) is 131 cm³/mol. The normalized spacial score (nSPS) is 12.6. The fourth-order valence-corrected chi connectivity index (χ4v) is 10.9. The van der Waals surface area contributed by atoms with Crippen LogP contribution in [0.15, 0.2) is 41.5 Å². The van der Waals surface area contributed by atoms with Crippen molar-refractivity contribution in [2.45, 2.75) is 76.4 Å². The standard InChI is InChI=1S/C23H36N2O5SSi/c1-8-9-16-24(31(28,29)23-15-11-10-14-22(23)25(26)27)17-12-13-18-30-32(19(2)3,20(4)5)21(6)7/h10-11,13-15,18-21H,12,16-17H2,1-7H3/b18-13+. The zero-order valence-corrected chi connectivity index (χ0v) is 22.0. The van der Waals surface area contributed by atoms with Gasteiger partial charge in [-0.15, -0.1) is 5.92 Å². The summed E-state index contributed by atoms with van der Waals surface area (Å²) in [6.07, 6.45) is 3.95. The Kier molecular flexibility index (Phi) is 10.6. The quantitative estimate of drug-likeness (QED) is 0.126. The first-order chi connectivity index (χ1) is 14.9. The molecule has 0 aliphatic rings. The van der Waals surface area contributed by atoms with E-state index in [1.807, 2.05) is 6.08 Å². The number of hydrogen-bond donors (Lipinski definition) is 0. The fourth-order valence-electron chi connectivity index (χ4n) is 4.28. The van der Waals surface area contributed by atoms with Crippen LogP contribution in [-0.2, 0) is 14.4 Å². The first kappa shape index (κ1) is 27.9. The summed E-state index contributed by atoms with van der Waals surface area (Å²) in [5.41, 5.74) is 0.856. The van der Waals surface area contributed by atoms with Crippen molar-refractivity contribution in [1.82, 2.24) is 4.31 Å². The predicted octanol–water partition coefficient (Wildman–Crippen LogP) is 5.70. The third kappa shape index (κ3) is 6.44. The minimum absolute atomic E-state index is 0.0394. The molecule has 7 nitrogen and oxygen atoms in total. The minimum atomic E-state index is -4.08. The molecule has 0 unspecified atom stereocenters. The van der Waals surface area contributed by atoms with Crippen molar-refractivity contribution < 1.29 is 17.8 Å². The smallest absolute Gasteiger partial charge is 0.289 e. The third-order valence-corrected chi connectivity index (χ3v) is 13.6. The van der Waals surface area contributed by atoms with Crippen LogP contribution < -0.4 is 0 Å². The number of nitro benzene ring substituents is 1. The summed E-state index contributed by atoms with van der Waals surface area (Å²) < 4.78 is 33.9. The van der Waals surface area contributed by atoms with Crippen LogP contribution in [0.1, 0.15) is 54.9 Å². The molecule has 0 heterocycles. The average molecular weight is 481 g/mol. The number of nitro groups is 1. The van der Waals surface area contributed by atoms with Crippen LogP contribution in [0.25, 0.3) is 0 Å². The van der Waals surface area contributed by atoms with Crippen molar-refractivity contribution >= 4 is 24.0 Å². The van der Waals surface area contributed by atoms with Crippen LogP contribution >= 0.6 is 0 Å². The summed E-state index contributed by atoms with van der Waals surface area (Å²) in [6.45, 7) is 14.9. The molecule has 178 valence electrons. The molecule has 1 aromatic carbocycles. The van der Waals surface area contributed by atoms with Gasteiger partial charge in [0.2, 0.25) is 0 Å². The van der Waals surface area contributed by atoms with E-state index in [4.69, 9.17) is 4.43 Å². The Hall–Kier alpha value is -2.15. The summed E-state index contributed by atoms with van der Waals surface area (Å²) in [5, 5.41) is 11.3. The van der Waals surface area contributed by atoms with Gasteiger partial charge in [0.25, 0.3) is 24.0 Å². The molecular weight excluding hydrogens is 444 g/mol. The summed E-state index contributed by atoms with van der Waals surface area (Å²) in [6, 6.07) is 5.37. The Morgan fingerprint density at radius 1 is 1.12 bits per heavy atom. The first-order valence-electron chi connectivity index (χ1n) is 10.9. The van der Waals surface area contributed by atoms with E-state index in [0.29, 0.717) is 23.0 Å². The van der Waals surface area contributed by atoms with Crippen LogP contribution in [0.5, 0.6) is 0 Å². The molecule has 0 aliphatic carbocycles. The molecule has 32 heavy (non-hydrogen) atoms. The molecule has 0 atom stereocenters. The van der Waals surface area contributed by atoms with Gasteiger partial charge in [-0.25, -0.2) is 8.42 Å². The molecule has 0 fully saturated rings.